The van der Waals surface area contributed by atoms with Crippen LogP contribution in [0.15, 0.2) is 15.2 Å². The van der Waals surface area contributed by atoms with Gasteiger partial charge in [-0.3, -0.25) is 4.90 Å². The van der Waals surface area contributed by atoms with Crippen LogP contribution in [0.25, 0.3) is 0 Å². The van der Waals surface area contributed by atoms with Crippen molar-refractivity contribution in [3.8, 4) is 0 Å². The minimum atomic E-state index is -0.480. The van der Waals surface area contributed by atoms with E-state index in [2.05, 4.69) is 32.3 Å². The predicted molar refractivity (Wildman–Crippen MR) is 81.6 cm³/mol. The van der Waals surface area contributed by atoms with Gasteiger partial charge in [-0.05, 0) is 46.9 Å². The molecule has 4 nitrogen and oxygen atoms in total. The zero-order valence-corrected chi connectivity index (χ0v) is 14.0. The summed E-state index contributed by atoms with van der Waals surface area (Å²) in [4.78, 5) is 2.09. The van der Waals surface area contributed by atoms with Crippen LogP contribution in [0, 0.1) is 0 Å². The minimum absolute atomic E-state index is 0.0118. The minimum Gasteiger partial charge on any atom is -0.389 e. The average Bonchev–Trinajstić information content (AvgIpc) is 2.72. The van der Waals surface area contributed by atoms with Crippen molar-refractivity contribution in [1.82, 2.24) is 4.90 Å². The first-order valence-corrected chi connectivity index (χ1v) is 7.88. The largest absolute Gasteiger partial charge is 0.389 e. The number of thiophene rings is 1. The van der Waals surface area contributed by atoms with Crippen LogP contribution < -0.4 is 0 Å². The second-order valence-corrected chi connectivity index (χ2v) is 7.00. The topological polar surface area (TPSA) is 41.9 Å². The van der Waals surface area contributed by atoms with Gasteiger partial charge in [0.05, 0.1) is 29.2 Å². The number of likely N-dealkylation sites (N-methyl/N-ethyl adjacent to an activating group) is 1. The Morgan fingerprint density at radius 2 is 2.21 bits per heavy atom. The number of hydrogen-bond donors (Lipinski definition) is 1. The summed E-state index contributed by atoms with van der Waals surface area (Å²) in [5.41, 5.74) is 1.25. The summed E-state index contributed by atoms with van der Waals surface area (Å²) in [6.07, 6.45) is -0.468. The lowest BCUT2D eigenvalue weighted by Gasteiger charge is -2.21. The summed E-state index contributed by atoms with van der Waals surface area (Å²) < 4.78 is 11.6. The van der Waals surface area contributed by atoms with Gasteiger partial charge in [0.25, 0.3) is 0 Å². The van der Waals surface area contributed by atoms with E-state index < -0.39 is 6.10 Å². The number of nitrogens with zero attached hydrogens (tertiary/aromatic N) is 1. The van der Waals surface area contributed by atoms with Gasteiger partial charge < -0.3 is 14.6 Å². The van der Waals surface area contributed by atoms with E-state index in [9.17, 15) is 5.11 Å². The van der Waals surface area contributed by atoms with Gasteiger partial charge in [-0.15, -0.1) is 11.3 Å². The van der Waals surface area contributed by atoms with Crippen molar-refractivity contribution in [2.75, 3.05) is 33.9 Å². The average molecular weight is 352 g/mol. The maximum absolute atomic E-state index is 9.91. The second-order valence-electron chi connectivity index (χ2n) is 4.71. The zero-order valence-electron chi connectivity index (χ0n) is 11.6. The normalized spacial score (nSPS) is 14.8. The highest BCUT2D eigenvalue weighted by molar-refractivity contribution is 9.11. The van der Waals surface area contributed by atoms with E-state index in [-0.39, 0.29) is 6.10 Å². The second kappa shape index (κ2) is 9.05. The number of methoxy groups -OCH3 is 1. The van der Waals surface area contributed by atoms with Gasteiger partial charge in [0.15, 0.2) is 0 Å². The molecule has 0 aliphatic carbocycles. The molecule has 0 spiro atoms. The van der Waals surface area contributed by atoms with Gasteiger partial charge in [0.1, 0.15) is 0 Å². The molecule has 19 heavy (non-hydrogen) atoms. The van der Waals surface area contributed by atoms with Crippen molar-refractivity contribution >= 4 is 27.3 Å². The van der Waals surface area contributed by atoms with Crippen LogP contribution in [-0.2, 0) is 16.0 Å². The molecule has 110 valence electrons. The smallest absolute Gasteiger partial charge is 0.0900 e. The third-order valence-electron chi connectivity index (χ3n) is 2.57. The van der Waals surface area contributed by atoms with E-state index >= 15 is 0 Å². The molecule has 1 N–H and O–H groups in total. The third-order valence-corrected chi connectivity index (χ3v) is 4.12. The number of aliphatic hydroxyl groups excluding tert-OH is 1. The van der Waals surface area contributed by atoms with Crippen molar-refractivity contribution in [1.29, 1.82) is 0 Å². The molecule has 6 heteroatoms. The Morgan fingerprint density at radius 1 is 1.47 bits per heavy atom. The summed E-state index contributed by atoms with van der Waals surface area (Å²) in [6, 6.07) is 2.10. The molecular weight excluding hydrogens is 330 g/mol. The van der Waals surface area contributed by atoms with Crippen LogP contribution in [0.1, 0.15) is 12.5 Å². The molecule has 1 aromatic rings. The van der Waals surface area contributed by atoms with E-state index in [0.717, 1.165) is 10.3 Å². The molecule has 0 aromatic carbocycles. The summed E-state index contributed by atoms with van der Waals surface area (Å²) in [7, 11) is 3.64. The molecule has 2 atom stereocenters. The predicted octanol–water partition coefficient (Wildman–Crippen LogP) is 2.35. The van der Waals surface area contributed by atoms with Crippen LogP contribution in [0.2, 0.25) is 0 Å². The molecule has 0 aliphatic heterocycles. The summed E-state index contributed by atoms with van der Waals surface area (Å²) in [6.45, 7) is 4.23. The summed E-state index contributed by atoms with van der Waals surface area (Å²) >= 11 is 5.12. The fourth-order valence-electron chi connectivity index (χ4n) is 1.78. The molecule has 0 amide bonds. The molecule has 0 fully saturated rings. The van der Waals surface area contributed by atoms with Gasteiger partial charge in [0, 0.05) is 20.2 Å². The standard InChI is InChI=1S/C13H22BrNO3S/c1-10(7-17-3)18-8-12(16)6-15(2)5-11-4-13(14)19-9-11/h4,9-10,12,16H,5-8H2,1-3H3. The number of ether oxygens (including phenoxy) is 2. The fraction of sp³-hybridized carbons (Fsp3) is 0.692. The lowest BCUT2D eigenvalue weighted by Crippen LogP contribution is -2.33. The third kappa shape index (κ3) is 7.39. The fourth-order valence-corrected chi connectivity index (χ4v) is 2.98. The van der Waals surface area contributed by atoms with Gasteiger partial charge in [-0.2, -0.15) is 0 Å². The number of hydrogen-bond acceptors (Lipinski definition) is 5. The molecule has 1 aromatic heterocycles. The van der Waals surface area contributed by atoms with Crippen LogP contribution in [0.4, 0.5) is 0 Å². The van der Waals surface area contributed by atoms with Crippen molar-refractivity contribution in [3.05, 3.63) is 20.8 Å². The molecule has 0 radical (unpaired) electrons. The molecule has 0 saturated heterocycles. The Bertz CT molecular complexity index is 361. The van der Waals surface area contributed by atoms with E-state index in [1.807, 2.05) is 14.0 Å². The van der Waals surface area contributed by atoms with Crippen LogP contribution in [0.5, 0.6) is 0 Å². The van der Waals surface area contributed by atoms with Crippen molar-refractivity contribution in [2.45, 2.75) is 25.7 Å². The first-order chi connectivity index (χ1) is 9.01. The lowest BCUT2D eigenvalue weighted by atomic mass is 10.3. The Morgan fingerprint density at radius 3 is 2.79 bits per heavy atom. The van der Waals surface area contributed by atoms with Crippen molar-refractivity contribution < 1.29 is 14.6 Å². The van der Waals surface area contributed by atoms with Crippen LogP contribution in [0.3, 0.4) is 0 Å². The Kier molecular flexibility index (Phi) is 8.13. The van der Waals surface area contributed by atoms with Gasteiger partial charge in [-0.1, -0.05) is 0 Å². The van der Waals surface area contributed by atoms with E-state index in [4.69, 9.17) is 9.47 Å². The van der Waals surface area contributed by atoms with Crippen LogP contribution in [-0.4, -0.2) is 56.1 Å². The lowest BCUT2D eigenvalue weighted by molar-refractivity contribution is -0.0385. The highest BCUT2D eigenvalue weighted by atomic mass is 79.9. The van der Waals surface area contributed by atoms with Crippen molar-refractivity contribution in [3.63, 3.8) is 0 Å². The first kappa shape index (κ1) is 17.1. The van der Waals surface area contributed by atoms with Gasteiger partial charge in [0.2, 0.25) is 0 Å². The quantitative estimate of drug-likeness (QED) is 0.741. The number of rotatable bonds is 9. The molecule has 0 aliphatic rings. The molecule has 0 bridgehead atoms. The van der Waals surface area contributed by atoms with Crippen LogP contribution >= 0.6 is 27.3 Å². The molecular formula is C13H22BrNO3S. The van der Waals surface area contributed by atoms with E-state index in [0.29, 0.717) is 19.8 Å². The maximum atomic E-state index is 9.91. The monoisotopic (exact) mass is 351 g/mol. The Labute approximate surface area is 127 Å². The first-order valence-electron chi connectivity index (χ1n) is 6.21. The van der Waals surface area contributed by atoms with Gasteiger partial charge >= 0.3 is 0 Å². The van der Waals surface area contributed by atoms with Crippen molar-refractivity contribution in [2.24, 2.45) is 0 Å². The molecule has 0 saturated carbocycles. The summed E-state index contributed by atoms with van der Waals surface area (Å²) in [5.74, 6) is 0. The summed E-state index contributed by atoms with van der Waals surface area (Å²) in [5, 5.41) is 12.0. The number of aliphatic hydroxyl groups is 1. The van der Waals surface area contributed by atoms with E-state index in [1.165, 1.54) is 5.56 Å². The Hall–Kier alpha value is 0.0200. The SMILES string of the molecule is COCC(C)OCC(O)CN(C)Cc1csc(Br)c1. The highest BCUT2D eigenvalue weighted by Gasteiger charge is 2.11. The molecule has 1 rings (SSSR count). The van der Waals surface area contributed by atoms with E-state index in [1.54, 1.807) is 18.4 Å². The molecule has 1 heterocycles. The maximum Gasteiger partial charge on any atom is 0.0900 e. The zero-order chi connectivity index (χ0) is 14.3. The van der Waals surface area contributed by atoms with Gasteiger partial charge in [-0.25, -0.2) is 0 Å². The number of halogens is 1. The Balaban J connectivity index is 2.22. The molecule has 2 unspecified atom stereocenters. The highest BCUT2D eigenvalue weighted by Crippen LogP contribution is 2.21.